The molecule has 33 heavy (non-hydrogen) atoms. The minimum Gasteiger partial charge on any atom is -0.406 e. The Morgan fingerprint density at radius 1 is 1.30 bits per heavy atom. The maximum atomic E-state index is 13.4. The highest BCUT2D eigenvalue weighted by molar-refractivity contribution is 7.20. The van der Waals surface area contributed by atoms with Gasteiger partial charge in [0.15, 0.2) is 5.78 Å². The number of rotatable bonds is 8. The second-order valence-electron chi connectivity index (χ2n) is 8.09. The lowest BCUT2D eigenvalue weighted by molar-refractivity contribution is -0.274. The van der Waals surface area contributed by atoms with E-state index in [9.17, 15) is 27.9 Å². The second kappa shape index (κ2) is 9.56. The zero-order valence-corrected chi connectivity index (χ0v) is 19.3. The number of aliphatic hydroxyl groups excluding tert-OH is 1. The Morgan fingerprint density at radius 3 is 2.61 bits per heavy atom. The predicted octanol–water partition coefficient (Wildman–Crippen LogP) is 5.29. The van der Waals surface area contributed by atoms with Crippen molar-refractivity contribution in [2.45, 2.75) is 33.1 Å². The Kier molecular flexibility index (Phi) is 7.18. The second-order valence-corrected chi connectivity index (χ2v) is 9.09. The molecule has 0 bridgehead atoms. The standard InChI is InChI=1S/C23H25F3N2O4S/c1-13(2)11-17(30)18-19-21(31)28(9-6-10-29)14(3)27(4)22(19)33-20(18)15-7-5-8-16(12-15)32-23(24,25)26/h5,7-8,12-13,29H,3,6,9-11H2,1-2,4H3. The molecule has 0 aliphatic carbocycles. The topological polar surface area (TPSA) is 70.1 Å². The Labute approximate surface area is 193 Å². The number of Topliss-reactive ketones (excluding diaryl/α,β-unsaturated/α-hetero) is 1. The summed E-state index contributed by atoms with van der Waals surface area (Å²) in [6.45, 7) is 7.81. The van der Waals surface area contributed by atoms with Gasteiger partial charge in [0.05, 0.1) is 11.1 Å². The van der Waals surface area contributed by atoms with Gasteiger partial charge in [-0.25, -0.2) is 0 Å². The smallest absolute Gasteiger partial charge is 0.406 e. The lowest BCUT2D eigenvalue weighted by Gasteiger charge is -2.36. The lowest BCUT2D eigenvalue weighted by atomic mass is 9.94. The molecule has 0 spiro atoms. The van der Waals surface area contributed by atoms with E-state index < -0.39 is 18.0 Å². The summed E-state index contributed by atoms with van der Waals surface area (Å²) < 4.78 is 42.3. The van der Waals surface area contributed by atoms with Crippen LogP contribution in [0.3, 0.4) is 0 Å². The van der Waals surface area contributed by atoms with E-state index in [4.69, 9.17) is 0 Å². The number of ether oxygens (including phenoxy) is 1. The van der Waals surface area contributed by atoms with Crippen molar-refractivity contribution in [1.82, 2.24) is 4.90 Å². The molecule has 2 aromatic rings. The van der Waals surface area contributed by atoms with Crippen LogP contribution in [0, 0.1) is 5.92 Å². The number of halogens is 3. The maximum Gasteiger partial charge on any atom is 0.573 e. The largest absolute Gasteiger partial charge is 0.573 e. The van der Waals surface area contributed by atoms with Crippen molar-refractivity contribution in [3.05, 3.63) is 47.8 Å². The van der Waals surface area contributed by atoms with Crippen molar-refractivity contribution in [3.63, 3.8) is 0 Å². The Balaban J connectivity index is 2.19. The molecule has 0 saturated heterocycles. The van der Waals surface area contributed by atoms with Crippen LogP contribution in [0.4, 0.5) is 18.2 Å². The highest BCUT2D eigenvalue weighted by Gasteiger charge is 2.39. The maximum absolute atomic E-state index is 13.4. The number of hydrogen-bond donors (Lipinski definition) is 1. The number of anilines is 1. The van der Waals surface area contributed by atoms with Gasteiger partial charge in [0.2, 0.25) is 0 Å². The quantitative estimate of drug-likeness (QED) is 0.518. The fraction of sp³-hybridized carbons (Fsp3) is 0.391. The first-order valence-electron chi connectivity index (χ1n) is 10.4. The predicted molar refractivity (Wildman–Crippen MR) is 121 cm³/mol. The molecule has 1 N–H and O–H groups in total. The Morgan fingerprint density at radius 2 is 2.00 bits per heavy atom. The van der Waals surface area contributed by atoms with Crippen LogP contribution in [0.15, 0.2) is 36.7 Å². The van der Waals surface area contributed by atoms with E-state index in [1.807, 2.05) is 13.8 Å². The number of carbonyl (C=O) groups excluding carboxylic acids is 2. The van der Waals surface area contributed by atoms with E-state index >= 15 is 0 Å². The molecule has 0 saturated carbocycles. The van der Waals surface area contributed by atoms with E-state index in [1.165, 1.54) is 23.1 Å². The third-order valence-corrected chi connectivity index (χ3v) is 6.41. The molecule has 1 aromatic heterocycles. The average Bonchev–Trinajstić information content (AvgIpc) is 3.12. The number of carbonyl (C=O) groups is 2. The zero-order valence-electron chi connectivity index (χ0n) is 18.5. The molecule has 178 valence electrons. The number of benzene rings is 1. The minimum atomic E-state index is -4.86. The molecule has 0 radical (unpaired) electrons. The Bertz CT molecular complexity index is 1080. The fourth-order valence-corrected chi connectivity index (χ4v) is 4.93. The van der Waals surface area contributed by atoms with Crippen molar-refractivity contribution in [3.8, 4) is 16.2 Å². The molecule has 1 amide bonds. The minimum absolute atomic E-state index is 0.0117. The zero-order chi connectivity index (χ0) is 24.5. The molecule has 0 fully saturated rings. The van der Waals surface area contributed by atoms with E-state index in [0.717, 1.165) is 11.3 Å². The lowest BCUT2D eigenvalue weighted by Crippen LogP contribution is -2.43. The fourth-order valence-electron chi connectivity index (χ4n) is 3.64. The van der Waals surface area contributed by atoms with Crippen LogP contribution in [-0.4, -0.2) is 48.3 Å². The first-order valence-corrected chi connectivity index (χ1v) is 11.2. The van der Waals surface area contributed by atoms with Crippen molar-refractivity contribution in [1.29, 1.82) is 0 Å². The van der Waals surface area contributed by atoms with Crippen LogP contribution in [0.1, 0.15) is 47.4 Å². The van der Waals surface area contributed by atoms with Crippen LogP contribution in [-0.2, 0) is 0 Å². The monoisotopic (exact) mass is 482 g/mol. The number of fused-ring (bicyclic) bond motifs is 1. The van der Waals surface area contributed by atoms with Crippen molar-refractivity contribution in [2.24, 2.45) is 5.92 Å². The summed E-state index contributed by atoms with van der Waals surface area (Å²) in [5.41, 5.74) is 0.735. The van der Waals surface area contributed by atoms with Gasteiger partial charge in [0.25, 0.3) is 5.91 Å². The highest BCUT2D eigenvalue weighted by Crippen LogP contribution is 2.47. The average molecular weight is 483 g/mol. The normalized spacial score (nSPS) is 14.2. The SMILES string of the molecule is C=C1N(CCCO)C(=O)c2c(sc(-c3cccc(OC(F)(F)F)c3)c2C(=O)CC(C)C)N1C. The van der Waals surface area contributed by atoms with Gasteiger partial charge >= 0.3 is 6.36 Å². The van der Waals surface area contributed by atoms with Gasteiger partial charge in [-0.05, 0) is 30.0 Å². The number of thiophene rings is 1. The van der Waals surface area contributed by atoms with Gasteiger partial charge in [0, 0.05) is 31.5 Å². The third kappa shape index (κ3) is 5.22. The molecule has 6 nitrogen and oxygen atoms in total. The van der Waals surface area contributed by atoms with E-state index in [1.54, 1.807) is 18.0 Å². The summed E-state index contributed by atoms with van der Waals surface area (Å²) in [4.78, 5) is 30.2. The molecule has 1 aromatic carbocycles. The van der Waals surface area contributed by atoms with Crippen LogP contribution in [0.2, 0.25) is 0 Å². The number of amides is 1. The molecule has 1 aliphatic heterocycles. The summed E-state index contributed by atoms with van der Waals surface area (Å²) >= 11 is 1.15. The first-order chi connectivity index (χ1) is 15.4. The van der Waals surface area contributed by atoms with Gasteiger partial charge in [-0.2, -0.15) is 0 Å². The summed E-state index contributed by atoms with van der Waals surface area (Å²) in [6.07, 6.45) is -4.36. The molecule has 10 heteroatoms. The van der Waals surface area contributed by atoms with Crippen molar-refractivity contribution < 1.29 is 32.6 Å². The number of hydrogen-bond acceptors (Lipinski definition) is 6. The number of aliphatic hydroxyl groups is 1. The molecular formula is C23H25F3N2O4S. The molecule has 0 atom stereocenters. The van der Waals surface area contributed by atoms with Gasteiger partial charge in [-0.15, -0.1) is 24.5 Å². The van der Waals surface area contributed by atoms with Crippen LogP contribution in [0.5, 0.6) is 5.75 Å². The highest BCUT2D eigenvalue weighted by atomic mass is 32.1. The van der Waals surface area contributed by atoms with Gasteiger partial charge in [0.1, 0.15) is 16.6 Å². The molecule has 0 unspecified atom stereocenters. The third-order valence-electron chi connectivity index (χ3n) is 5.09. The van der Waals surface area contributed by atoms with Gasteiger partial charge in [-0.3, -0.25) is 14.5 Å². The summed E-state index contributed by atoms with van der Waals surface area (Å²) in [5, 5.41) is 9.70. The molecule has 2 heterocycles. The summed E-state index contributed by atoms with van der Waals surface area (Å²) in [5.74, 6) is -0.694. The number of ketones is 1. The summed E-state index contributed by atoms with van der Waals surface area (Å²) in [7, 11) is 1.71. The number of alkyl halides is 3. The number of nitrogens with zero attached hydrogens (tertiary/aromatic N) is 2. The van der Waals surface area contributed by atoms with E-state index in [0.29, 0.717) is 27.7 Å². The van der Waals surface area contributed by atoms with Crippen LogP contribution >= 0.6 is 11.3 Å². The molecule has 1 aliphatic rings. The summed E-state index contributed by atoms with van der Waals surface area (Å²) in [6, 6.07) is 5.37. The molecular weight excluding hydrogens is 457 g/mol. The molecule has 3 rings (SSSR count). The van der Waals surface area contributed by atoms with Crippen LogP contribution < -0.4 is 9.64 Å². The van der Waals surface area contributed by atoms with E-state index in [-0.39, 0.29) is 42.4 Å². The first kappa shape index (κ1) is 24.8. The van der Waals surface area contributed by atoms with Crippen molar-refractivity contribution >= 4 is 28.0 Å². The van der Waals surface area contributed by atoms with Gasteiger partial charge < -0.3 is 14.7 Å². The Hall–Kier alpha value is -2.85. The van der Waals surface area contributed by atoms with Crippen LogP contribution in [0.25, 0.3) is 10.4 Å². The van der Waals surface area contributed by atoms with E-state index in [2.05, 4.69) is 11.3 Å². The van der Waals surface area contributed by atoms with Crippen molar-refractivity contribution in [2.75, 3.05) is 25.1 Å². The van der Waals surface area contributed by atoms with Gasteiger partial charge in [-0.1, -0.05) is 32.6 Å².